The Morgan fingerprint density at radius 2 is 1.78 bits per heavy atom. The maximum absolute atomic E-state index is 12.3. The lowest BCUT2D eigenvalue weighted by Gasteiger charge is -2.06. The van der Waals surface area contributed by atoms with Crippen molar-refractivity contribution in [2.75, 3.05) is 5.32 Å². The van der Waals surface area contributed by atoms with Crippen molar-refractivity contribution in [2.45, 2.75) is 32.8 Å². The number of anilines is 1. The van der Waals surface area contributed by atoms with E-state index in [0.29, 0.717) is 16.5 Å². The first-order valence-electron chi connectivity index (χ1n) is 9.01. The molecule has 27 heavy (non-hydrogen) atoms. The number of aryl methyl sites for hydroxylation is 1. The fourth-order valence-electron chi connectivity index (χ4n) is 2.59. The van der Waals surface area contributed by atoms with E-state index in [1.54, 1.807) is 36.4 Å². The highest BCUT2D eigenvalue weighted by Crippen LogP contribution is 2.18. The van der Waals surface area contributed by atoms with E-state index >= 15 is 0 Å². The van der Waals surface area contributed by atoms with Gasteiger partial charge in [0, 0.05) is 10.7 Å². The molecule has 0 fully saturated rings. The fourth-order valence-corrected chi connectivity index (χ4v) is 2.72. The molecule has 0 bridgehead atoms. The highest BCUT2D eigenvalue weighted by Gasteiger charge is 2.12. The Kier molecular flexibility index (Phi) is 6.55. The van der Waals surface area contributed by atoms with Gasteiger partial charge in [0.1, 0.15) is 18.1 Å². The summed E-state index contributed by atoms with van der Waals surface area (Å²) in [6.45, 7) is 2.41. The number of ether oxygens (including phenoxy) is 1. The van der Waals surface area contributed by atoms with Crippen LogP contribution in [0.25, 0.3) is 0 Å². The molecule has 140 valence electrons. The second-order valence-electron chi connectivity index (χ2n) is 6.26. The van der Waals surface area contributed by atoms with Crippen LogP contribution in [0.2, 0.25) is 5.02 Å². The summed E-state index contributed by atoms with van der Waals surface area (Å²) in [6, 6.07) is 18.4. The third kappa shape index (κ3) is 5.63. The summed E-state index contributed by atoms with van der Waals surface area (Å²) in [6.07, 6.45) is 3.39. The van der Waals surface area contributed by atoms with Gasteiger partial charge in [-0.05, 0) is 66.9 Å². The van der Waals surface area contributed by atoms with Crippen LogP contribution in [0.5, 0.6) is 5.75 Å². The number of nitrogens with one attached hydrogen (secondary N) is 1. The Bertz CT molecular complexity index is 869. The van der Waals surface area contributed by atoms with Crippen molar-refractivity contribution >= 4 is 23.2 Å². The van der Waals surface area contributed by atoms with Crippen molar-refractivity contribution in [1.82, 2.24) is 0 Å². The van der Waals surface area contributed by atoms with Crippen molar-refractivity contribution in [2.24, 2.45) is 0 Å². The zero-order valence-electron chi connectivity index (χ0n) is 15.2. The van der Waals surface area contributed by atoms with Gasteiger partial charge in [0.15, 0.2) is 5.76 Å². The van der Waals surface area contributed by atoms with E-state index in [1.165, 1.54) is 18.4 Å². The van der Waals surface area contributed by atoms with Gasteiger partial charge in [0.05, 0.1) is 0 Å². The third-order valence-electron chi connectivity index (χ3n) is 4.11. The largest absolute Gasteiger partial charge is 0.486 e. The quantitative estimate of drug-likeness (QED) is 0.510. The number of benzene rings is 2. The Labute approximate surface area is 164 Å². The predicted molar refractivity (Wildman–Crippen MR) is 107 cm³/mol. The van der Waals surface area contributed by atoms with E-state index < -0.39 is 0 Å². The molecule has 0 radical (unpaired) electrons. The van der Waals surface area contributed by atoms with Gasteiger partial charge in [-0.1, -0.05) is 37.1 Å². The summed E-state index contributed by atoms with van der Waals surface area (Å²) in [5.74, 6) is 1.23. The van der Waals surface area contributed by atoms with Gasteiger partial charge in [-0.2, -0.15) is 0 Å². The molecular weight excluding hydrogens is 362 g/mol. The molecule has 0 unspecified atom stereocenters. The fraction of sp³-hybridized carbons (Fsp3) is 0.227. The minimum atomic E-state index is -0.283. The van der Waals surface area contributed by atoms with Gasteiger partial charge in [0.2, 0.25) is 0 Å². The van der Waals surface area contributed by atoms with Crippen molar-refractivity contribution in [3.05, 3.63) is 82.8 Å². The van der Waals surface area contributed by atoms with E-state index in [-0.39, 0.29) is 18.3 Å². The topological polar surface area (TPSA) is 51.5 Å². The van der Waals surface area contributed by atoms with E-state index in [4.69, 9.17) is 20.8 Å². The van der Waals surface area contributed by atoms with Gasteiger partial charge in [-0.25, -0.2) is 0 Å². The Morgan fingerprint density at radius 1 is 1.04 bits per heavy atom. The first kappa shape index (κ1) is 19.1. The van der Waals surface area contributed by atoms with Crippen LogP contribution < -0.4 is 10.1 Å². The monoisotopic (exact) mass is 383 g/mol. The summed E-state index contributed by atoms with van der Waals surface area (Å²) < 4.78 is 11.2. The first-order chi connectivity index (χ1) is 13.1. The third-order valence-corrected chi connectivity index (χ3v) is 4.36. The Morgan fingerprint density at radius 3 is 2.48 bits per heavy atom. The number of furan rings is 1. The second-order valence-corrected chi connectivity index (χ2v) is 6.70. The molecule has 4 nitrogen and oxygen atoms in total. The van der Waals surface area contributed by atoms with E-state index in [2.05, 4.69) is 12.2 Å². The second kappa shape index (κ2) is 9.28. The van der Waals surface area contributed by atoms with Crippen LogP contribution in [0.1, 0.15) is 41.6 Å². The zero-order valence-corrected chi connectivity index (χ0v) is 16.0. The van der Waals surface area contributed by atoms with E-state index in [9.17, 15) is 4.79 Å². The molecule has 2 aromatic carbocycles. The molecular formula is C22H22ClNO3. The average Bonchev–Trinajstić information content (AvgIpc) is 3.16. The normalized spacial score (nSPS) is 10.6. The minimum absolute atomic E-state index is 0.237. The number of carbonyl (C=O) groups is 1. The number of amides is 1. The number of halogens is 1. The standard InChI is InChI=1S/C22H22ClNO3/c1-2-3-4-16-5-9-18(10-6-16)24-22(25)21-14-13-20(27-21)15-26-19-11-7-17(23)8-12-19/h5-14H,2-4,15H2,1H3,(H,24,25). The molecule has 1 amide bonds. The maximum Gasteiger partial charge on any atom is 0.291 e. The van der Waals surface area contributed by atoms with E-state index in [1.807, 2.05) is 24.3 Å². The van der Waals surface area contributed by atoms with Crippen molar-refractivity contribution < 1.29 is 13.9 Å². The van der Waals surface area contributed by atoms with E-state index in [0.717, 1.165) is 12.1 Å². The molecule has 0 saturated heterocycles. The zero-order chi connectivity index (χ0) is 19.1. The van der Waals surface area contributed by atoms with Crippen LogP contribution in [0.3, 0.4) is 0 Å². The van der Waals surface area contributed by atoms with Gasteiger partial charge in [0.25, 0.3) is 5.91 Å². The van der Waals surface area contributed by atoms with Gasteiger partial charge >= 0.3 is 0 Å². The summed E-state index contributed by atoms with van der Waals surface area (Å²) in [7, 11) is 0. The maximum atomic E-state index is 12.3. The lowest BCUT2D eigenvalue weighted by atomic mass is 10.1. The van der Waals surface area contributed by atoms with Crippen molar-refractivity contribution in [3.63, 3.8) is 0 Å². The summed E-state index contributed by atoms with van der Waals surface area (Å²) >= 11 is 5.85. The highest BCUT2D eigenvalue weighted by molar-refractivity contribution is 6.30. The predicted octanol–water partition coefficient (Wildman–Crippen LogP) is 6.11. The number of hydrogen-bond acceptors (Lipinski definition) is 3. The minimum Gasteiger partial charge on any atom is -0.486 e. The van der Waals surface area contributed by atoms with Crippen molar-refractivity contribution in [3.8, 4) is 5.75 Å². The summed E-state index contributed by atoms with van der Waals surface area (Å²) in [4.78, 5) is 12.3. The molecule has 0 aliphatic carbocycles. The smallest absolute Gasteiger partial charge is 0.291 e. The molecule has 1 aromatic heterocycles. The first-order valence-corrected chi connectivity index (χ1v) is 9.39. The molecule has 3 aromatic rings. The van der Waals surface area contributed by atoms with Crippen LogP contribution in [-0.4, -0.2) is 5.91 Å². The van der Waals surface area contributed by atoms with Crippen LogP contribution in [0.4, 0.5) is 5.69 Å². The summed E-state index contributed by atoms with van der Waals surface area (Å²) in [5, 5.41) is 3.50. The lowest BCUT2D eigenvalue weighted by Crippen LogP contribution is -2.10. The molecule has 1 N–H and O–H groups in total. The number of unbranched alkanes of at least 4 members (excludes halogenated alkanes) is 1. The van der Waals surface area contributed by atoms with Gasteiger partial charge < -0.3 is 14.5 Å². The average molecular weight is 384 g/mol. The van der Waals surface area contributed by atoms with Crippen molar-refractivity contribution in [1.29, 1.82) is 0 Å². The lowest BCUT2D eigenvalue weighted by molar-refractivity contribution is 0.0992. The molecule has 0 atom stereocenters. The number of carbonyl (C=O) groups excluding carboxylic acids is 1. The Hall–Kier alpha value is -2.72. The van der Waals surface area contributed by atoms with Crippen LogP contribution >= 0.6 is 11.6 Å². The van der Waals surface area contributed by atoms with Crippen LogP contribution in [0, 0.1) is 0 Å². The van der Waals surface area contributed by atoms with Crippen LogP contribution in [0.15, 0.2) is 65.1 Å². The number of hydrogen-bond donors (Lipinski definition) is 1. The van der Waals surface area contributed by atoms with Gasteiger partial charge in [-0.3, -0.25) is 4.79 Å². The van der Waals surface area contributed by atoms with Crippen LogP contribution in [-0.2, 0) is 13.0 Å². The highest BCUT2D eigenvalue weighted by atomic mass is 35.5. The molecule has 5 heteroatoms. The SMILES string of the molecule is CCCCc1ccc(NC(=O)c2ccc(COc3ccc(Cl)cc3)o2)cc1. The molecule has 0 aliphatic rings. The number of rotatable bonds is 8. The molecule has 0 saturated carbocycles. The molecule has 3 rings (SSSR count). The Balaban J connectivity index is 1.54. The molecule has 0 spiro atoms. The molecule has 0 aliphatic heterocycles. The summed E-state index contributed by atoms with van der Waals surface area (Å²) in [5.41, 5.74) is 2.02. The molecule has 1 heterocycles. The van der Waals surface area contributed by atoms with Gasteiger partial charge in [-0.15, -0.1) is 0 Å².